The molecule has 0 aliphatic carbocycles. The maximum atomic E-state index is 7.28. The zero-order chi connectivity index (χ0) is 9.72. The second kappa shape index (κ2) is 4.74. The predicted molar refractivity (Wildman–Crippen MR) is 29.7 cm³/mol. The Hall–Kier alpha value is -0.260. The summed E-state index contributed by atoms with van der Waals surface area (Å²) in [6.07, 6.45) is -3.24. The van der Waals surface area contributed by atoms with Crippen molar-refractivity contribution in [3.63, 3.8) is 0 Å². The van der Waals surface area contributed by atoms with Gasteiger partial charge in [-0.1, -0.05) is 25.7 Å². The number of rotatable bonds is 3. The first-order valence-electron chi connectivity index (χ1n) is 5.17. The first kappa shape index (κ1) is 1.12. The molecule has 3 unspecified atom stereocenters. The smallest absolute Gasteiger partial charge is 0.0570 e. The van der Waals surface area contributed by atoms with Gasteiger partial charge in [-0.05, 0) is 6.40 Å². The Morgan fingerprint density at radius 1 is 2.50 bits per heavy atom. The monoisotopic (exact) mass is 90.1 g/mol. The molecule has 0 N–H and O–H groups in total. The minimum absolute atomic E-state index is 0.241. The quantitative estimate of drug-likeness (QED) is 0.467. The van der Waals surface area contributed by atoms with Crippen LogP contribution in [0.3, 0.4) is 0 Å². The Bertz CT molecular complexity index is 156. The van der Waals surface area contributed by atoms with Crippen LogP contribution >= 0.6 is 0 Å². The molecule has 0 radical (unpaired) electrons. The Kier molecular flexibility index (Phi) is 0.883. The standard InChI is InChI=1S/C6H12/c1-3-5-6-4-2/h3H,1,4-6H2,2H3/i1D,2D,3D,4D,5D,6D. The first-order valence-corrected chi connectivity index (χ1v) is 1.65. The van der Waals surface area contributed by atoms with E-state index in [9.17, 15) is 0 Å². The molecule has 0 aliphatic heterocycles. The number of hydrogen-bond donors (Lipinski definition) is 0. The van der Waals surface area contributed by atoms with Crippen molar-refractivity contribution in [3.05, 3.63) is 12.6 Å². The highest BCUT2D eigenvalue weighted by Gasteiger charge is 1.71. The third-order valence-corrected chi connectivity index (χ3v) is 0.329. The molecule has 0 fully saturated rings. The summed E-state index contributed by atoms with van der Waals surface area (Å²) in [5, 5.41) is 0. The minimum Gasteiger partial charge on any atom is -0.103 e. The summed E-state index contributed by atoms with van der Waals surface area (Å²) in [5.74, 6) is 0. The van der Waals surface area contributed by atoms with Crippen molar-refractivity contribution in [3.8, 4) is 0 Å². The predicted octanol–water partition coefficient (Wildman–Crippen LogP) is 2.36. The Morgan fingerprint density at radius 3 is 4.17 bits per heavy atom. The van der Waals surface area contributed by atoms with Gasteiger partial charge in [0.15, 0.2) is 0 Å². The molecule has 0 aromatic heterocycles. The molecule has 0 aromatic carbocycles. The van der Waals surface area contributed by atoms with Crippen LogP contribution in [0.4, 0.5) is 0 Å². The Morgan fingerprint density at radius 2 is 3.50 bits per heavy atom. The molecular formula is C6H12. The van der Waals surface area contributed by atoms with Gasteiger partial charge in [-0.2, -0.15) is 0 Å². The van der Waals surface area contributed by atoms with E-state index in [4.69, 9.17) is 8.22 Å². The van der Waals surface area contributed by atoms with Crippen LogP contribution in [0.1, 0.15) is 34.3 Å². The molecule has 6 heavy (non-hydrogen) atoms. The fourth-order valence-corrected chi connectivity index (χ4v) is 0.124. The van der Waals surface area contributed by atoms with Crippen molar-refractivity contribution in [2.24, 2.45) is 0 Å². The Labute approximate surface area is 48.3 Å². The lowest BCUT2D eigenvalue weighted by atomic mass is 10.3. The van der Waals surface area contributed by atoms with Crippen LogP contribution in [0.15, 0.2) is 12.6 Å². The largest absolute Gasteiger partial charge is 0.103 e. The third-order valence-electron chi connectivity index (χ3n) is 0.329. The van der Waals surface area contributed by atoms with Crippen LogP contribution in [0.25, 0.3) is 0 Å². The number of hydrogen-bond acceptors (Lipinski definition) is 0. The van der Waals surface area contributed by atoms with Gasteiger partial charge in [0.1, 0.15) is 0 Å². The summed E-state index contributed by atoms with van der Waals surface area (Å²) in [6.45, 7) is 0.463. The molecule has 0 saturated heterocycles. The normalized spacial score (nSPS) is 41.7. The summed E-state index contributed by atoms with van der Waals surface area (Å²) < 4.78 is 42.2. The summed E-state index contributed by atoms with van der Waals surface area (Å²) in [4.78, 5) is 0. The SMILES string of the molecule is [2H]C=C([2H])C([2H])C([2H])C([2H])C[2H]. The van der Waals surface area contributed by atoms with Gasteiger partial charge in [0, 0.05) is 5.48 Å². The zero-order valence-corrected chi connectivity index (χ0v) is 3.52. The van der Waals surface area contributed by atoms with E-state index < -0.39 is 19.2 Å². The van der Waals surface area contributed by atoms with Crippen molar-refractivity contribution in [2.75, 3.05) is 0 Å². The molecule has 0 spiro atoms. The molecule has 0 rings (SSSR count). The third kappa shape index (κ3) is 3.74. The van der Waals surface area contributed by atoms with Crippen LogP contribution in [0.2, 0.25) is 0 Å². The Balaban J connectivity index is 4.18. The van der Waals surface area contributed by atoms with Crippen LogP contribution in [0.5, 0.6) is 0 Å². The van der Waals surface area contributed by atoms with E-state index in [1.807, 2.05) is 0 Å². The van der Waals surface area contributed by atoms with Gasteiger partial charge in [-0.25, -0.2) is 0 Å². The average molecular weight is 90.2 g/mol. The molecule has 0 amide bonds. The van der Waals surface area contributed by atoms with Crippen molar-refractivity contribution < 1.29 is 8.22 Å². The highest BCUT2D eigenvalue weighted by molar-refractivity contribution is 4.64. The molecule has 36 valence electrons. The lowest BCUT2D eigenvalue weighted by molar-refractivity contribution is 0.816. The first-order chi connectivity index (χ1) is 5.54. The van der Waals surface area contributed by atoms with Gasteiger partial charge in [0.25, 0.3) is 0 Å². The highest BCUT2D eigenvalue weighted by Crippen LogP contribution is 1.91. The fraction of sp³-hybridized carbons (Fsp3) is 0.667. The average Bonchev–Trinajstić information content (AvgIpc) is 2.12. The second-order valence-corrected chi connectivity index (χ2v) is 0.761. The molecule has 0 aliphatic rings. The summed E-state index contributed by atoms with van der Waals surface area (Å²) in [6, 6.07) is -0.277. The minimum atomic E-state index is -1.17. The van der Waals surface area contributed by atoms with E-state index in [1.165, 1.54) is 0 Å². The van der Waals surface area contributed by atoms with Gasteiger partial charge < -0.3 is 0 Å². The molecule has 0 heteroatoms. The molecular weight excluding hydrogens is 72.1 g/mol. The van der Waals surface area contributed by atoms with Gasteiger partial charge in [0.2, 0.25) is 0 Å². The summed E-state index contributed by atoms with van der Waals surface area (Å²) in [7, 11) is 0. The fourth-order valence-electron chi connectivity index (χ4n) is 0.124. The van der Waals surface area contributed by atoms with Gasteiger partial charge in [-0.15, -0.1) is 6.55 Å². The van der Waals surface area contributed by atoms with Crippen LogP contribution < -0.4 is 0 Å². The molecule has 0 nitrogen and oxygen atoms in total. The van der Waals surface area contributed by atoms with Gasteiger partial charge in [0.05, 0.1) is 2.74 Å². The van der Waals surface area contributed by atoms with Crippen molar-refractivity contribution >= 4 is 0 Å². The van der Waals surface area contributed by atoms with E-state index in [-0.39, 0.29) is 13.0 Å². The second-order valence-electron chi connectivity index (χ2n) is 0.761. The maximum absolute atomic E-state index is 7.28. The van der Waals surface area contributed by atoms with E-state index in [2.05, 4.69) is 0 Å². The van der Waals surface area contributed by atoms with Crippen LogP contribution in [-0.2, 0) is 0 Å². The summed E-state index contributed by atoms with van der Waals surface area (Å²) >= 11 is 0. The topological polar surface area (TPSA) is 0 Å². The molecule has 0 bridgehead atoms. The molecule has 0 aromatic rings. The van der Waals surface area contributed by atoms with Crippen molar-refractivity contribution in [1.82, 2.24) is 0 Å². The van der Waals surface area contributed by atoms with Crippen LogP contribution in [0, 0.1) is 0 Å². The molecule has 3 atom stereocenters. The van der Waals surface area contributed by atoms with Gasteiger partial charge >= 0.3 is 0 Å². The maximum Gasteiger partial charge on any atom is 0.0570 e. The summed E-state index contributed by atoms with van der Waals surface area (Å²) in [5.41, 5.74) is 0. The van der Waals surface area contributed by atoms with E-state index in [0.717, 1.165) is 0 Å². The lowest BCUT2D eigenvalue weighted by Gasteiger charge is -1.81. The van der Waals surface area contributed by atoms with Crippen molar-refractivity contribution in [1.29, 1.82) is 0 Å². The van der Waals surface area contributed by atoms with Gasteiger partial charge in [-0.3, -0.25) is 0 Å². The van der Waals surface area contributed by atoms with Crippen LogP contribution in [-0.4, -0.2) is 0 Å². The zero-order valence-electron chi connectivity index (χ0n) is 9.52. The molecule has 0 heterocycles. The number of allylic oxidation sites excluding steroid dienone is 1. The highest BCUT2D eigenvalue weighted by atomic mass is 13.8. The van der Waals surface area contributed by atoms with E-state index >= 15 is 0 Å². The lowest BCUT2D eigenvalue weighted by Crippen LogP contribution is -1.61. The van der Waals surface area contributed by atoms with E-state index in [1.54, 1.807) is 0 Å². The van der Waals surface area contributed by atoms with E-state index in [0.29, 0.717) is 6.55 Å². The van der Waals surface area contributed by atoms with Crippen molar-refractivity contribution in [2.45, 2.75) is 26.1 Å². The molecule has 0 saturated carbocycles.